The predicted octanol–water partition coefficient (Wildman–Crippen LogP) is 8.85. The normalized spacial score (nSPS) is 16.4. The lowest BCUT2D eigenvalue weighted by Gasteiger charge is -2.19. The maximum Gasteiger partial charge on any atom is 0.412 e. The van der Waals surface area contributed by atoms with Crippen molar-refractivity contribution in [1.29, 1.82) is 0 Å². The van der Waals surface area contributed by atoms with Gasteiger partial charge in [0.1, 0.15) is 40.8 Å². The molecule has 2 aliphatic rings. The molecular weight excluding hydrogens is 610 g/mol. The summed E-state index contributed by atoms with van der Waals surface area (Å²) in [6.07, 6.45) is 1.26. The molecule has 0 aliphatic carbocycles. The van der Waals surface area contributed by atoms with Crippen molar-refractivity contribution in [3.8, 4) is 23.0 Å². The van der Waals surface area contributed by atoms with E-state index in [1.54, 1.807) is 14.2 Å². The van der Waals surface area contributed by atoms with Gasteiger partial charge in [-0.15, -0.1) is 0 Å². The molecule has 0 fully saturated rings. The molecule has 0 aromatic heterocycles. The molecule has 0 saturated carbocycles. The molecule has 1 amide bonds. The van der Waals surface area contributed by atoms with Crippen LogP contribution in [0.15, 0.2) is 89.4 Å². The van der Waals surface area contributed by atoms with Crippen molar-refractivity contribution in [1.82, 2.24) is 0 Å². The minimum atomic E-state index is -0.533. The van der Waals surface area contributed by atoms with Gasteiger partial charge in [0.15, 0.2) is 0 Å². The molecule has 0 spiro atoms. The third kappa shape index (κ3) is 7.82. The number of hydrogen-bond donors (Lipinski definition) is 1. The SMILES string of the molecule is COc1cccc(C2Cc3ccc(Br)cc3O2)c1.COc1cccc(C2Cc3ccc(NC(=O)OC(C)(C)C)cc3O2)c1. The lowest BCUT2D eigenvalue weighted by Crippen LogP contribution is -2.27. The third-order valence-electron chi connectivity index (χ3n) is 7.02. The molecule has 2 heterocycles. The van der Waals surface area contributed by atoms with E-state index in [-0.39, 0.29) is 12.2 Å². The Balaban J connectivity index is 0.000000180. The molecule has 7 nitrogen and oxygen atoms in total. The highest BCUT2D eigenvalue weighted by Gasteiger charge is 2.26. The number of nitrogens with one attached hydrogen (secondary N) is 1. The Labute approximate surface area is 261 Å². The van der Waals surface area contributed by atoms with E-state index in [1.165, 1.54) is 5.56 Å². The number of anilines is 1. The first-order valence-corrected chi connectivity index (χ1v) is 14.9. The number of hydrogen-bond acceptors (Lipinski definition) is 6. The Morgan fingerprint density at radius 2 is 1.30 bits per heavy atom. The number of rotatable bonds is 5. The molecule has 0 radical (unpaired) electrons. The average molecular weight is 647 g/mol. The van der Waals surface area contributed by atoms with Gasteiger partial charge >= 0.3 is 6.09 Å². The van der Waals surface area contributed by atoms with Crippen molar-refractivity contribution in [2.45, 2.75) is 51.4 Å². The molecule has 0 bridgehead atoms. The van der Waals surface area contributed by atoms with Crippen molar-refractivity contribution in [2.75, 3.05) is 19.5 Å². The zero-order chi connectivity index (χ0) is 30.6. The average Bonchev–Trinajstić information content (AvgIpc) is 3.60. The van der Waals surface area contributed by atoms with Gasteiger partial charge in [-0.1, -0.05) is 52.3 Å². The van der Waals surface area contributed by atoms with E-state index in [9.17, 15) is 4.79 Å². The van der Waals surface area contributed by atoms with E-state index < -0.39 is 11.7 Å². The van der Waals surface area contributed by atoms with Crippen LogP contribution in [0.5, 0.6) is 23.0 Å². The summed E-state index contributed by atoms with van der Waals surface area (Å²) in [5.41, 5.74) is 4.71. The minimum absolute atomic E-state index is 0.0538. The molecule has 43 heavy (non-hydrogen) atoms. The maximum absolute atomic E-state index is 11.9. The third-order valence-corrected chi connectivity index (χ3v) is 7.52. The Morgan fingerprint density at radius 3 is 1.84 bits per heavy atom. The largest absolute Gasteiger partial charge is 0.497 e. The van der Waals surface area contributed by atoms with E-state index >= 15 is 0 Å². The van der Waals surface area contributed by atoms with E-state index in [0.29, 0.717) is 5.69 Å². The summed E-state index contributed by atoms with van der Waals surface area (Å²) in [5, 5.41) is 2.74. The van der Waals surface area contributed by atoms with Crippen LogP contribution in [0, 0.1) is 0 Å². The molecule has 4 aromatic carbocycles. The zero-order valence-electron chi connectivity index (χ0n) is 25.0. The smallest absolute Gasteiger partial charge is 0.412 e. The molecule has 2 atom stereocenters. The maximum atomic E-state index is 11.9. The number of methoxy groups -OCH3 is 2. The van der Waals surface area contributed by atoms with Gasteiger partial charge in [0.05, 0.1) is 14.2 Å². The van der Waals surface area contributed by atoms with Crippen molar-refractivity contribution in [3.05, 3.63) is 112 Å². The molecular formula is C35H36BrNO6. The van der Waals surface area contributed by atoms with Crippen molar-refractivity contribution < 1.29 is 28.5 Å². The Hall–Kier alpha value is -4.17. The first-order chi connectivity index (χ1) is 20.6. The summed E-state index contributed by atoms with van der Waals surface area (Å²) in [6, 6.07) is 27.8. The van der Waals surface area contributed by atoms with Gasteiger partial charge in [-0.3, -0.25) is 5.32 Å². The number of carbonyl (C=O) groups excluding carboxylic acids is 1. The number of halogens is 1. The molecule has 1 N–H and O–H groups in total. The van der Waals surface area contributed by atoms with Crippen LogP contribution in [-0.4, -0.2) is 25.9 Å². The van der Waals surface area contributed by atoms with Gasteiger partial charge in [-0.2, -0.15) is 0 Å². The molecule has 8 heteroatoms. The Kier molecular flexibility index (Phi) is 9.16. The second-order valence-electron chi connectivity index (χ2n) is 11.4. The number of amides is 1. The van der Waals surface area contributed by atoms with Crippen molar-refractivity contribution in [3.63, 3.8) is 0 Å². The lowest BCUT2D eigenvalue weighted by molar-refractivity contribution is 0.0636. The molecule has 4 aromatic rings. The lowest BCUT2D eigenvalue weighted by atomic mass is 10.0. The summed E-state index contributed by atoms with van der Waals surface area (Å²) in [7, 11) is 3.33. The van der Waals surface area contributed by atoms with E-state index in [4.69, 9.17) is 23.7 Å². The van der Waals surface area contributed by atoms with E-state index in [2.05, 4.69) is 39.4 Å². The van der Waals surface area contributed by atoms with Crippen LogP contribution in [0.2, 0.25) is 0 Å². The van der Waals surface area contributed by atoms with Gasteiger partial charge in [0.25, 0.3) is 0 Å². The first-order valence-electron chi connectivity index (χ1n) is 14.1. The highest BCUT2D eigenvalue weighted by atomic mass is 79.9. The monoisotopic (exact) mass is 645 g/mol. The minimum Gasteiger partial charge on any atom is -0.497 e. The van der Waals surface area contributed by atoms with Crippen LogP contribution in [0.4, 0.5) is 10.5 Å². The van der Waals surface area contributed by atoms with Gasteiger partial charge in [0.2, 0.25) is 0 Å². The number of benzene rings is 4. The fraction of sp³-hybridized carbons (Fsp3) is 0.286. The topological polar surface area (TPSA) is 75.2 Å². The highest BCUT2D eigenvalue weighted by Crippen LogP contribution is 2.40. The molecule has 224 valence electrons. The van der Waals surface area contributed by atoms with Crippen LogP contribution in [0.3, 0.4) is 0 Å². The number of carbonyl (C=O) groups is 1. The molecule has 0 saturated heterocycles. The van der Waals surface area contributed by atoms with Gasteiger partial charge in [-0.25, -0.2) is 4.79 Å². The van der Waals surface area contributed by atoms with E-state index in [1.807, 2.05) is 87.5 Å². The van der Waals surface area contributed by atoms with Gasteiger partial charge < -0.3 is 23.7 Å². The van der Waals surface area contributed by atoms with Crippen LogP contribution < -0.4 is 24.3 Å². The van der Waals surface area contributed by atoms with Crippen LogP contribution in [-0.2, 0) is 17.6 Å². The van der Waals surface area contributed by atoms with Crippen LogP contribution >= 0.6 is 15.9 Å². The van der Waals surface area contributed by atoms with Crippen LogP contribution in [0.25, 0.3) is 0 Å². The Bertz CT molecular complexity index is 1600. The number of fused-ring (bicyclic) bond motifs is 2. The Morgan fingerprint density at radius 1 is 0.767 bits per heavy atom. The van der Waals surface area contributed by atoms with Gasteiger partial charge in [0, 0.05) is 29.1 Å². The van der Waals surface area contributed by atoms with Crippen LogP contribution in [0.1, 0.15) is 55.2 Å². The number of ether oxygens (including phenoxy) is 5. The predicted molar refractivity (Wildman–Crippen MR) is 171 cm³/mol. The second kappa shape index (κ2) is 13.0. The fourth-order valence-corrected chi connectivity index (χ4v) is 5.32. The fourth-order valence-electron chi connectivity index (χ4n) is 4.98. The van der Waals surface area contributed by atoms with E-state index in [0.717, 1.165) is 57.0 Å². The quantitative estimate of drug-likeness (QED) is 0.234. The second-order valence-corrected chi connectivity index (χ2v) is 12.3. The highest BCUT2D eigenvalue weighted by molar-refractivity contribution is 9.10. The standard InChI is InChI=1S/C20H23NO4.C15H13BrO2/c1-20(2,3)25-19(22)21-15-9-8-14-11-17(24-18(14)12-15)13-6-5-7-16(10-13)23-4;1-17-13-4-2-3-10(7-13)14-8-11-5-6-12(16)9-15(11)18-14/h5-10,12,17H,11H2,1-4H3,(H,21,22);2-7,9,14H,8H2,1H3. The zero-order valence-corrected chi connectivity index (χ0v) is 26.6. The van der Waals surface area contributed by atoms with Gasteiger partial charge in [-0.05, 0) is 85.5 Å². The molecule has 2 aliphatic heterocycles. The molecule has 2 unspecified atom stereocenters. The first kappa shape index (κ1) is 30.3. The van der Waals surface area contributed by atoms with Crippen molar-refractivity contribution in [2.24, 2.45) is 0 Å². The molecule has 6 rings (SSSR count). The summed E-state index contributed by atoms with van der Waals surface area (Å²) in [6.45, 7) is 5.49. The van der Waals surface area contributed by atoms with Crippen molar-refractivity contribution >= 4 is 27.7 Å². The summed E-state index contributed by atoms with van der Waals surface area (Å²) in [4.78, 5) is 11.9. The summed E-state index contributed by atoms with van der Waals surface area (Å²) < 4.78 is 28.9. The summed E-state index contributed by atoms with van der Waals surface area (Å²) in [5.74, 6) is 3.43. The summed E-state index contributed by atoms with van der Waals surface area (Å²) >= 11 is 3.46.